The van der Waals surface area contributed by atoms with Crippen LogP contribution in [0.15, 0.2) is 29.2 Å². The highest BCUT2D eigenvalue weighted by Crippen LogP contribution is 2.27. The Bertz CT molecular complexity index is 557. The minimum absolute atomic E-state index is 0.147. The summed E-state index contributed by atoms with van der Waals surface area (Å²) in [6.45, 7) is 3.94. The summed E-state index contributed by atoms with van der Waals surface area (Å²) in [6, 6.07) is 7.03. The zero-order valence-electron chi connectivity index (χ0n) is 12.1. The molecule has 112 valence electrons. The lowest BCUT2D eigenvalue weighted by atomic mass is 9.98. The van der Waals surface area contributed by atoms with Crippen molar-refractivity contribution in [3.8, 4) is 0 Å². The molecule has 2 atom stereocenters. The minimum atomic E-state index is -3.36. The summed E-state index contributed by atoms with van der Waals surface area (Å²) in [5.41, 5.74) is 1.03. The molecule has 0 saturated carbocycles. The Labute approximate surface area is 126 Å². The second-order valence-electron chi connectivity index (χ2n) is 5.51. The molecular weight excluding hydrogens is 296 g/mol. The molecule has 0 aliphatic carbocycles. The third-order valence-corrected chi connectivity index (χ3v) is 6.24. The van der Waals surface area contributed by atoms with Crippen LogP contribution in [0.2, 0.25) is 0 Å². The van der Waals surface area contributed by atoms with Crippen molar-refractivity contribution < 1.29 is 8.42 Å². The molecule has 4 nitrogen and oxygen atoms in total. The van der Waals surface area contributed by atoms with Gasteiger partial charge in [-0.05, 0) is 36.6 Å². The average molecular weight is 317 g/mol. The number of anilines is 1. The summed E-state index contributed by atoms with van der Waals surface area (Å²) in [5.74, 6) is 0.529. The Morgan fingerprint density at radius 3 is 2.35 bits per heavy atom. The maximum Gasteiger partial charge on any atom is 0.242 e. The van der Waals surface area contributed by atoms with Crippen LogP contribution in [0.1, 0.15) is 13.3 Å². The molecule has 2 unspecified atom stereocenters. The summed E-state index contributed by atoms with van der Waals surface area (Å²) in [6.07, 6.45) is 1.06. The molecule has 1 fully saturated rings. The number of hydrogen-bond donors (Lipinski definition) is 0. The topological polar surface area (TPSA) is 40.6 Å². The lowest BCUT2D eigenvalue weighted by Crippen LogP contribution is -2.40. The van der Waals surface area contributed by atoms with Gasteiger partial charge in [-0.15, -0.1) is 11.6 Å². The van der Waals surface area contributed by atoms with E-state index in [2.05, 4.69) is 11.8 Å². The molecule has 0 radical (unpaired) electrons. The van der Waals surface area contributed by atoms with Gasteiger partial charge in [-0.2, -0.15) is 0 Å². The number of halogens is 1. The van der Waals surface area contributed by atoms with E-state index in [4.69, 9.17) is 11.6 Å². The van der Waals surface area contributed by atoms with Gasteiger partial charge >= 0.3 is 0 Å². The monoisotopic (exact) mass is 316 g/mol. The Morgan fingerprint density at radius 2 is 1.85 bits per heavy atom. The predicted molar refractivity (Wildman–Crippen MR) is 82.9 cm³/mol. The first-order valence-electron chi connectivity index (χ1n) is 6.74. The van der Waals surface area contributed by atoms with Crippen LogP contribution in [0.4, 0.5) is 5.69 Å². The highest BCUT2D eigenvalue weighted by Gasteiger charge is 2.25. The van der Waals surface area contributed by atoms with E-state index in [1.807, 2.05) is 12.1 Å². The van der Waals surface area contributed by atoms with E-state index in [0.717, 1.165) is 25.2 Å². The molecule has 0 bridgehead atoms. The first-order chi connectivity index (χ1) is 9.32. The number of alkyl halides is 1. The highest BCUT2D eigenvalue weighted by molar-refractivity contribution is 7.89. The summed E-state index contributed by atoms with van der Waals surface area (Å²) in [4.78, 5) is 2.53. The highest BCUT2D eigenvalue weighted by atomic mass is 35.5. The average Bonchev–Trinajstić information content (AvgIpc) is 2.42. The van der Waals surface area contributed by atoms with Crippen LogP contribution in [0.25, 0.3) is 0 Å². The van der Waals surface area contributed by atoms with Crippen molar-refractivity contribution in [1.82, 2.24) is 4.31 Å². The van der Waals surface area contributed by atoms with Crippen molar-refractivity contribution in [2.24, 2.45) is 5.92 Å². The lowest BCUT2D eigenvalue weighted by Gasteiger charge is -2.35. The molecule has 6 heteroatoms. The van der Waals surface area contributed by atoms with E-state index < -0.39 is 10.0 Å². The van der Waals surface area contributed by atoms with Gasteiger partial charge in [0.1, 0.15) is 0 Å². The van der Waals surface area contributed by atoms with Crippen LogP contribution in [0.3, 0.4) is 0 Å². The fourth-order valence-corrected chi connectivity index (χ4v) is 3.49. The number of nitrogens with zero attached hydrogens (tertiary/aromatic N) is 2. The van der Waals surface area contributed by atoms with Crippen molar-refractivity contribution in [1.29, 1.82) is 0 Å². The quantitative estimate of drug-likeness (QED) is 0.804. The van der Waals surface area contributed by atoms with Crippen LogP contribution in [0, 0.1) is 5.92 Å². The molecule has 1 saturated heterocycles. The van der Waals surface area contributed by atoms with Gasteiger partial charge in [-0.3, -0.25) is 0 Å². The molecule has 0 amide bonds. The SMILES string of the molecule is CC1CCN(c2ccc(S(=O)(=O)N(C)C)cc2)CC1Cl. The van der Waals surface area contributed by atoms with Crippen molar-refractivity contribution in [3.05, 3.63) is 24.3 Å². The fraction of sp³-hybridized carbons (Fsp3) is 0.571. The zero-order chi connectivity index (χ0) is 14.9. The Hall–Kier alpha value is -0.780. The van der Waals surface area contributed by atoms with Crippen molar-refractivity contribution in [2.45, 2.75) is 23.6 Å². The molecule has 2 rings (SSSR count). The van der Waals surface area contributed by atoms with Gasteiger partial charge in [0, 0.05) is 32.9 Å². The molecule has 1 aliphatic rings. The number of sulfonamides is 1. The summed E-state index contributed by atoms with van der Waals surface area (Å²) in [7, 11) is -0.285. The van der Waals surface area contributed by atoms with Gasteiger partial charge in [-0.25, -0.2) is 12.7 Å². The molecule has 1 heterocycles. The van der Waals surface area contributed by atoms with Gasteiger partial charge in [0.05, 0.1) is 10.3 Å². The lowest BCUT2D eigenvalue weighted by molar-refractivity contribution is 0.445. The van der Waals surface area contributed by atoms with E-state index in [0.29, 0.717) is 10.8 Å². The van der Waals surface area contributed by atoms with Crippen molar-refractivity contribution >= 4 is 27.3 Å². The van der Waals surface area contributed by atoms with Crippen LogP contribution in [-0.4, -0.2) is 45.3 Å². The van der Waals surface area contributed by atoms with Crippen molar-refractivity contribution in [3.63, 3.8) is 0 Å². The van der Waals surface area contributed by atoms with Crippen LogP contribution in [-0.2, 0) is 10.0 Å². The minimum Gasteiger partial charge on any atom is -0.370 e. The number of rotatable bonds is 3. The third kappa shape index (κ3) is 3.10. The third-order valence-electron chi connectivity index (χ3n) is 3.85. The molecule has 20 heavy (non-hydrogen) atoms. The molecule has 1 aromatic rings. The van der Waals surface area contributed by atoms with E-state index in [9.17, 15) is 8.42 Å². The summed E-state index contributed by atoms with van der Waals surface area (Å²) >= 11 is 6.31. The molecule has 1 aromatic carbocycles. The number of benzene rings is 1. The summed E-state index contributed by atoms with van der Waals surface area (Å²) < 4.78 is 25.2. The second-order valence-corrected chi connectivity index (χ2v) is 8.22. The van der Waals surface area contributed by atoms with Crippen LogP contribution in [0.5, 0.6) is 0 Å². The molecule has 1 aliphatic heterocycles. The number of hydrogen-bond acceptors (Lipinski definition) is 3. The normalized spacial score (nSPS) is 24.1. The van der Waals surface area contributed by atoms with Gasteiger partial charge in [0.15, 0.2) is 0 Å². The Morgan fingerprint density at radius 1 is 1.25 bits per heavy atom. The fourth-order valence-electron chi connectivity index (χ4n) is 2.30. The van der Waals surface area contributed by atoms with Gasteiger partial charge < -0.3 is 4.90 Å². The molecular formula is C14H21ClN2O2S. The van der Waals surface area contributed by atoms with E-state index in [1.165, 1.54) is 18.4 Å². The second kappa shape index (κ2) is 5.92. The first kappa shape index (κ1) is 15.6. The predicted octanol–water partition coefficient (Wildman–Crippen LogP) is 2.39. The Balaban J connectivity index is 2.17. The Kier molecular flexibility index (Phi) is 4.62. The van der Waals surface area contributed by atoms with Gasteiger partial charge in [0.25, 0.3) is 0 Å². The van der Waals surface area contributed by atoms with E-state index in [-0.39, 0.29) is 5.38 Å². The molecule has 0 spiro atoms. The van der Waals surface area contributed by atoms with E-state index >= 15 is 0 Å². The van der Waals surface area contributed by atoms with E-state index in [1.54, 1.807) is 12.1 Å². The molecule has 0 aromatic heterocycles. The standard InChI is InChI=1S/C14H21ClN2O2S/c1-11-8-9-17(10-14(11)15)12-4-6-13(7-5-12)20(18,19)16(2)3/h4-7,11,14H,8-10H2,1-3H3. The van der Waals surface area contributed by atoms with Crippen LogP contribution >= 0.6 is 11.6 Å². The zero-order valence-corrected chi connectivity index (χ0v) is 13.7. The smallest absolute Gasteiger partial charge is 0.242 e. The number of piperidine rings is 1. The van der Waals surface area contributed by atoms with Crippen LogP contribution < -0.4 is 4.90 Å². The molecule has 0 N–H and O–H groups in total. The van der Waals surface area contributed by atoms with Gasteiger partial charge in [0.2, 0.25) is 10.0 Å². The maximum atomic E-state index is 12.0. The van der Waals surface area contributed by atoms with Gasteiger partial charge in [-0.1, -0.05) is 6.92 Å². The first-order valence-corrected chi connectivity index (χ1v) is 8.61. The summed E-state index contributed by atoms with van der Waals surface area (Å²) in [5, 5.41) is 0.147. The maximum absolute atomic E-state index is 12.0. The largest absolute Gasteiger partial charge is 0.370 e. The van der Waals surface area contributed by atoms with Crippen molar-refractivity contribution in [2.75, 3.05) is 32.1 Å².